The zero-order valence-electron chi connectivity index (χ0n) is 6.78. The van der Waals surface area contributed by atoms with Crippen LogP contribution in [0, 0.1) is 0 Å². The van der Waals surface area contributed by atoms with Gasteiger partial charge in [-0.1, -0.05) is 10.1 Å². The number of rotatable bonds is 3. The van der Waals surface area contributed by atoms with Gasteiger partial charge in [-0.2, -0.15) is 0 Å². The second-order valence-corrected chi connectivity index (χ2v) is 2.40. The Bertz CT molecular complexity index is 319. The van der Waals surface area contributed by atoms with Gasteiger partial charge >= 0.3 is 0 Å². The first-order valence-electron chi connectivity index (χ1n) is 3.86. The van der Waals surface area contributed by atoms with Crippen molar-refractivity contribution in [1.29, 1.82) is 0 Å². The summed E-state index contributed by atoms with van der Waals surface area (Å²) in [6.07, 6.45) is 0. The summed E-state index contributed by atoms with van der Waals surface area (Å²) in [7, 11) is 0. The molecule has 0 spiro atoms. The lowest BCUT2D eigenvalue weighted by molar-refractivity contribution is 0.340. The number of hydrogen-bond acceptors (Lipinski definition) is 2. The molecular formula is C8H10N2O2. The van der Waals surface area contributed by atoms with E-state index in [0.717, 1.165) is 11.4 Å². The summed E-state index contributed by atoms with van der Waals surface area (Å²) in [5.74, 6) is 0.878. The van der Waals surface area contributed by atoms with Crippen molar-refractivity contribution in [3.8, 4) is 11.4 Å². The van der Waals surface area contributed by atoms with E-state index in [9.17, 15) is 0 Å². The average molecular weight is 166 g/mol. The lowest BCUT2D eigenvalue weighted by Gasteiger charge is -2.01. The average Bonchev–Trinajstić information content (AvgIpc) is 2.89. The maximum absolute atomic E-state index is 5.28. The van der Waals surface area contributed by atoms with Crippen molar-refractivity contribution >= 4 is 0 Å². The quantitative estimate of drug-likeness (QED) is 0.755. The molecule has 4 nitrogen and oxygen atoms in total. The summed E-state index contributed by atoms with van der Waals surface area (Å²) >= 11 is 0. The van der Waals surface area contributed by atoms with Crippen LogP contribution in [0.4, 0.5) is 0 Å². The summed E-state index contributed by atoms with van der Waals surface area (Å²) < 4.78 is 10.0. The molecule has 0 atom stereocenters. The molecule has 4 heteroatoms. The summed E-state index contributed by atoms with van der Waals surface area (Å²) in [5.41, 5.74) is 0.971. The minimum atomic E-state index is 0.692. The van der Waals surface area contributed by atoms with Gasteiger partial charge in [-0.15, -0.1) is 0 Å². The van der Waals surface area contributed by atoms with Crippen molar-refractivity contribution in [2.45, 2.75) is 6.92 Å². The van der Waals surface area contributed by atoms with Gasteiger partial charge in [0.1, 0.15) is 11.4 Å². The first kappa shape index (κ1) is 7.09. The van der Waals surface area contributed by atoms with E-state index in [1.54, 1.807) is 4.85 Å². The second kappa shape index (κ2) is 2.81. The molecule has 1 aromatic heterocycles. The fraction of sp³-hybridized carbons (Fsp3) is 0.250. The van der Waals surface area contributed by atoms with E-state index in [1.165, 1.54) is 0 Å². The maximum Gasteiger partial charge on any atom is 0.119 e. The standard InChI is InChI=1S/C8H10N2O2/c1-2-11-8-5-3-7(4-6-8)10-9-12-10/h3-6,9H,2H2,1H3. The molecule has 1 aromatic carbocycles. The van der Waals surface area contributed by atoms with Gasteiger partial charge in [0, 0.05) is 0 Å². The Balaban J connectivity index is 2.15. The highest BCUT2D eigenvalue weighted by molar-refractivity contribution is 5.35. The van der Waals surface area contributed by atoms with Crippen LogP contribution in [0.3, 0.4) is 0 Å². The number of hydrogen-bond donors (Lipinski definition) is 1. The minimum absolute atomic E-state index is 0.692. The molecule has 2 rings (SSSR count). The summed E-state index contributed by atoms with van der Waals surface area (Å²) in [4.78, 5) is 1.57. The van der Waals surface area contributed by atoms with E-state index in [1.807, 2.05) is 31.2 Å². The topological polar surface area (TPSA) is 43.1 Å². The maximum atomic E-state index is 5.28. The van der Waals surface area contributed by atoms with E-state index in [0.29, 0.717) is 6.61 Å². The van der Waals surface area contributed by atoms with Crippen molar-refractivity contribution in [3.63, 3.8) is 0 Å². The predicted molar refractivity (Wildman–Crippen MR) is 43.6 cm³/mol. The van der Waals surface area contributed by atoms with Crippen molar-refractivity contribution in [2.75, 3.05) is 6.61 Å². The highest BCUT2D eigenvalue weighted by Crippen LogP contribution is 2.15. The molecule has 0 fully saturated rings. The Morgan fingerprint density at radius 2 is 2.08 bits per heavy atom. The molecule has 2 aromatic rings. The summed E-state index contributed by atoms with van der Waals surface area (Å²) in [5, 5.41) is 2.59. The Hall–Kier alpha value is -1.58. The van der Waals surface area contributed by atoms with Gasteiger partial charge < -0.3 is 4.74 Å². The summed E-state index contributed by atoms with van der Waals surface area (Å²) in [6, 6.07) is 7.65. The van der Waals surface area contributed by atoms with E-state index in [2.05, 4.69) is 5.27 Å². The smallest absolute Gasteiger partial charge is 0.119 e. The molecule has 0 unspecified atom stereocenters. The SMILES string of the molecule is CCOc1ccc(-n2[nH]o2)cc1. The molecule has 0 bridgehead atoms. The van der Waals surface area contributed by atoms with Crippen LogP contribution in [-0.2, 0) is 0 Å². The number of ether oxygens (including phenoxy) is 1. The lowest BCUT2D eigenvalue weighted by atomic mass is 10.3. The van der Waals surface area contributed by atoms with Crippen LogP contribution in [0.2, 0.25) is 0 Å². The van der Waals surface area contributed by atoms with Gasteiger partial charge in [0.15, 0.2) is 0 Å². The van der Waals surface area contributed by atoms with E-state index < -0.39 is 0 Å². The molecule has 0 amide bonds. The van der Waals surface area contributed by atoms with E-state index >= 15 is 0 Å². The second-order valence-electron chi connectivity index (χ2n) is 2.40. The molecule has 0 aliphatic rings. The fourth-order valence-electron chi connectivity index (χ4n) is 0.970. The van der Waals surface area contributed by atoms with Crippen LogP contribution < -0.4 is 4.74 Å². The van der Waals surface area contributed by atoms with Gasteiger partial charge in [-0.3, -0.25) is 4.63 Å². The number of aromatic nitrogens is 2. The molecule has 1 N–H and O–H groups in total. The number of aromatic amines is 1. The molecule has 0 radical (unpaired) electrons. The van der Waals surface area contributed by atoms with Crippen LogP contribution in [0.5, 0.6) is 5.75 Å². The Morgan fingerprint density at radius 3 is 2.58 bits per heavy atom. The lowest BCUT2D eigenvalue weighted by Crippen LogP contribution is -1.91. The van der Waals surface area contributed by atoms with Crippen molar-refractivity contribution < 1.29 is 9.37 Å². The molecule has 0 saturated carbocycles. The van der Waals surface area contributed by atoms with Gasteiger partial charge in [-0.25, -0.2) is 0 Å². The van der Waals surface area contributed by atoms with Gasteiger partial charge in [0.05, 0.1) is 6.61 Å². The first-order valence-corrected chi connectivity index (χ1v) is 3.86. The highest BCUT2D eigenvalue weighted by atomic mass is 16.7. The third-order valence-corrected chi connectivity index (χ3v) is 1.56. The number of nitrogens with zero attached hydrogens (tertiary/aromatic N) is 1. The van der Waals surface area contributed by atoms with Crippen LogP contribution in [0.15, 0.2) is 28.9 Å². The Labute approximate surface area is 69.6 Å². The largest absolute Gasteiger partial charge is 0.494 e. The number of H-pyrrole nitrogens is 1. The van der Waals surface area contributed by atoms with Gasteiger partial charge in [0.25, 0.3) is 0 Å². The third-order valence-electron chi connectivity index (χ3n) is 1.56. The van der Waals surface area contributed by atoms with Gasteiger partial charge in [0.2, 0.25) is 0 Å². The zero-order chi connectivity index (χ0) is 8.39. The minimum Gasteiger partial charge on any atom is -0.494 e. The number of benzene rings is 1. The monoisotopic (exact) mass is 166 g/mol. The van der Waals surface area contributed by atoms with Crippen LogP contribution in [0.1, 0.15) is 6.92 Å². The highest BCUT2D eigenvalue weighted by Gasteiger charge is 2.01. The van der Waals surface area contributed by atoms with Gasteiger partial charge in [-0.05, 0) is 31.2 Å². The molecular weight excluding hydrogens is 156 g/mol. The van der Waals surface area contributed by atoms with Crippen LogP contribution in [0.25, 0.3) is 5.69 Å². The van der Waals surface area contributed by atoms with Crippen LogP contribution in [-0.4, -0.2) is 16.7 Å². The Morgan fingerprint density at radius 1 is 1.42 bits per heavy atom. The zero-order valence-corrected chi connectivity index (χ0v) is 6.78. The predicted octanol–water partition coefficient (Wildman–Crippen LogP) is 1.80. The summed E-state index contributed by atoms with van der Waals surface area (Å²) in [6.45, 7) is 2.65. The van der Waals surface area contributed by atoms with E-state index in [4.69, 9.17) is 9.37 Å². The fourth-order valence-corrected chi connectivity index (χ4v) is 0.970. The molecule has 0 aliphatic carbocycles. The Kier molecular flexibility index (Phi) is 1.66. The number of nitrogens with one attached hydrogen (secondary N) is 1. The van der Waals surface area contributed by atoms with Crippen molar-refractivity contribution in [1.82, 2.24) is 10.1 Å². The first-order chi connectivity index (χ1) is 5.90. The van der Waals surface area contributed by atoms with E-state index in [-0.39, 0.29) is 0 Å². The molecule has 12 heavy (non-hydrogen) atoms. The van der Waals surface area contributed by atoms with Crippen LogP contribution >= 0.6 is 0 Å². The molecule has 0 saturated heterocycles. The molecule has 64 valence electrons. The third kappa shape index (κ3) is 1.37. The molecule has 0 aliphatic heterocycles. The van der Waals surface area contributed by atoms with Crippen molar-refractivity contribution in [3.05, 3.63) is 24.3 Å². The molecule has 1 heterocycles. The van der Waals surface area contributed by atoms with Crippen molar-refractivity contribution in [2.24, 2.45) is 0 Å². The normalized spacial score (nSPS) is 10.4.